The Balaban J connectivity index is 2.73. The lowest BCUT2D eigenvalue weighted by atomic mass is 9.64. The Morgan fingerprint density at radius 2 is 1.75 bits per heavy atom. The van der Waals surface area contributed by atoms with Gasteiger partial charge in [0.15, 0.2) is 0 Å². The number of hydrogen-bond acceptors (Lipinski definition) is 2. The molecule has 1 saturated carbocycles. The van der Waals surface area contributed by atoms with Crippen LogP contribution in [0.1, 0.15) is 53.4 Å². The molecule has 1 fully saturated rings. The fourth-order valence-electron chi connectivity index (χ4n) is 2.61. The fourth-order valence-corrected chi connectivity index (χ4v) is 2.61. The van der Waals surface area contributed by atoms with E-state index in [1.807, 2.05) is 0 Å². The number of aliphatic hydroxyl groups is 1. The van der Waals surface area contributed by atoms with Crippen molar-refractivity contribution in [3.05, 3.63) is 0 Å². The van der Waals surface area contributed by atoms with Crippen LogP contribution in [0.5, 0.6) is 0 Å². The molecule has 94 valence electrons. The van der Waals surface area contributed by atoms with Crippen LogP contribution >= 0.6 is 0 Å². The molecule has 3 nitrogen and oxygen atoms in total. The summed E-state index contributed by atoms with van der Waals surface area (Å²) in [6.07, 6.45) is 3.08. The summed E-state index contributed by atoms with van der Waals surface area (Å²) < 4.78 is 0. The standard InChI is InChI=1S/C13H24O3/c1-9(2)10-5-7-13(16,8-6-10)12(3,4)11(14)15/h9-10,16H,5-8H2,1-4H3,(H,14,15). The summed E-state index contributed by atoms with van der Waals surface area (Å²) in [5.74, 6) is 0.348. The molecule has 0 amide bonds. The second kappa shape index (κ2) is 4.36. The van der Waals surface area contributed by atoms with Gasteiger partial charge in [-0.25, -0.2) is 0 Å². The van der Waals surface area contributed by atoms with Crippen molar-refractivity contribution in [1.29, 1.82) is 0 Å². The van der Waals surface area contributed by atoms with Gasteiger partial charge in [-0.3, -0.25) is 4.79 Å². The van der Waals surface area contributed by atoms with Gasteiger partial charge >= 0.3 is 5.97 Å². The number of carboxylic acids is 1. The van der Waals surface area contributed by atoms with E-state index in [1.165, 1.54) is 0 Å². The molecule has 0 spiro atoms. The van der Waals surface area contributed by atoms with Gasteiger partial charge in [-0.15, -0.1) is 0 Å². The molecule has 3 heteroatoms. The van der Waals surface area contributed by atoms with Crippen LogP contribution in [-0.2, 0) is 4.79 Å². The van der Waals surface area contributed by atoms with Crippen molar-refractivity contribution in [3.63, 3.8) is 0 Å². The Kier molecular flexibility index (Phi) is 3.68. The third-order valence-corrected chi connectivity index (χ3v) is 4.50. The van der Waals surface area contributed by atoms with Gasteiger partial charge in [0.1, 0.15) is 0 Å². The van der Waals surface area contributed by atoms with Crippen LogP contribution in [-0.4, -0.2) is 21.8 Å². The second-order valence-corrected chi connectivity index (χ2v) is 6.04. The Labute approximate surface area is 97.9 Å². The largest absolute Gasteiger partial charge is 0.481 e. The molecule has 0 saturated heterocycles. The molecule has 1 rings (SSSR count). The van der Waals surface area contributed by atoms with Gasteiger partial charge in [-0.1, -0.05) is 13.8 Å². The third kappa shape index (κ3) is 2.24. The molecule has 0 radical (unpaired) electrons. The summed E-state index contributed by atoms with van der Waals surface area (Å²) in [7, 11) is 0. The van der Waals surface area contributed by atoms with Crippen molar-refractivity contribution in [2.45, 2.75) is 59.0 Å². The minimum absolute atomic E-state index is 0.606. The zero-order valence-electron chi connectivity index (χ0n) is 10.8. The SMILES string of the molecule is CC(C)C1CCC(O)(C(C)(C)C(=O)O)CC1. The number of carbonyl (C=O) groups is 1. The van der Waals surface area contributed by atoms with Crippen LogP contribution in [0, 0.1) is 17.3 Å². The molecule has 0 heterocycles. The fraction of sp³-hybridized carbons (Fsp3) is 0.923. The highest BCUT2D eigenvalue weighted by atomic mass is 16.4. The molecule has 0 aromatic rings. The van der Waals surface area contributed by atoms with Crippen LogP contribution in [0.2, 0.25) is 0 Å². The van der Waals surface area contributed by atoms with Gasteiger partial charge in [0.25, 0.3) is 0 Å². The average Bonchev–Trinajstić information content (AvgIpc) is 2.17. The minimum atomic E-state index is -1.05. The van der Waals surface area contributed by atoms with Crippen LogP contribution in [0.3, 0.4) is 0 Å². The van der Waals surface area contributed by atoms with Gasteiger partial charge in [-0.05, 0) is 51.4 Å². The number of aliphatic carboxylic acids is 1. The minimum Gasteiger partial charge on any atom is -0.481 e. The monoisotopic (exact) mass is 228 g/mol. The van der Waals surface area contributed by atoms with Gasteiger partial charge in [-0.2, -0.15) is 0 Å². The normalized spacial score (nSPS) is 31.8. The third-order valence-electron chi connectivity index (χ3n) is 4.50. The summed E-state index contributed by atoms with van der Waals surface area (Å²) in [5, 5.41) is 19.7. The number of carboxylic acid groups (broad SMARTS) is 1. The van der Waals surface area contributed by atoms with E-state index in [0.29, 0.717) is 24.7 Å². The maximum atomic E-state index is 11.2. The van der Waals surface area contributed by atoms with E-state index in [9.17, 15) is 15.0 Å². The maximum Gasteiger partial charge on any atom is 0.312 e. The Morgan fingerprint density at radius 1 is 1.31 bits per heavy atom. The Morgan fingerprint density at radius 3 is 2.06 bits per heavy atom. The van der Waals surface area contributed by atoms with Crippen molar-refractivity contribution < 1.29 is 15.0 Å². The van der Waals surface area contributed by atoms with Crippen molar-refractivity contribution in [2.75, 3.05) is 0 Å². The first-order valence-electron chi connectivity index (χ1n) is 6.16. The topological polar surface area (TPSA) is 57.5 Å². The molecule has 2 N–H and O–H groups in total. The molecule has 16 heavy (non-hydrogen) atoms. The first kappa shape index (κ1) is 13.5. The molecule has 0 aromatic heterocycles. The molecule has 1 aliphatic carbocycles. The zero-order valence-corrected chi connectivity index (χ0v) is 10.8. The average molecular weight is 228 g/mol. The van der Waals surface area contributed by atoms with Gasteiger partial charge < -0.3 is 10.2 Å². The number of rotatable bonds is 3. The lowest BCUT2D eigenvalue weighted by Crippen LogP contribution is -2.51. The van der Waals surface area contributed by atoms with E-state index in [-0.39, 0.29) is 0 Å². The van der Waals surface area contributed by atoms with Gasteiger partial charge in [0.05, 0.1) is 11.0 Å². The molecule has 0 unspecified atom stereocenters. The second-order valence-electron chi connectivity index (χ2n) is 6.04. The van der Waals surface area contributed by atoms with Crippen molar-refractivity contribution >= 4 is 5.97 Å². The molecule has 1 aliphatic rings. The predicted octanol–water partition coefficient (Wildman–Crippen LogP) is 2.67. The highest BCUT2D eigenvalue weighted by Crippen LogP contribution is 2.45. The molecule has 0 bridgehead atoms. The van der Waals surface area contributed by atoms with Crippen LogP contribution < -0.4 is 0 Å². The maximum absolute atomic E-state index is 11.2. The molecule has 0 aliphatic heterocycles. The summed E-state index contributed by atoms with van der Waals surface area (Å²) >= 11 is 0. The van der Waals surface area contributed by atoms with Crippen molar-refractivity contribution in [2.24, 2.45) is 17.3 Å². The highest BCUT2D eigenvalue weighted by molar-refractivity contribution is 5.75. The summed E-state index contributed by atoms with van der Waals surface area (Å²) in [6, 6.07) is 0. The van der Waals surface area contributed by atoms with E-state index in [1.54, 1.807) is 13.8 Å². The summed E-state index contributed by atoms with van der Waals surface area (Å²) in [5.41, 5.74) is -2.08. The summed E-state index contributed by atoms with van der Waals surface area (Å²) in [4.78, 5) is 11.2. The van der Waals surface area contributed by atoms with E-state index in [4.69, 9.17) is 0 Å². The smallest absolute Gasteiger partial charge is 0.312 e. The number of hydrogen-bond donors (Lipinski definition) is 2. The molecular weight excluding hydrogens is 204 g/mol. The lowest BCUT2D eigenvalue weighted by molar-refractivity contribution is -0.170. The molecule has 0 aromatic carbocycles. The van der Waals surface area contributed by atoms with Gasteiger partial charge in [0, 0.05) is 0 Å². The Bertz CT molecular complexity index is 260. The zero-order chi connectivity index (χ0) is 12.6. The van der Waals surface area contributed by atoms with Crippen molar-refractivity contribution in [3.8, 4) is 0 Å². The molecule has 0 atom stereocenters. The van der Waals surface area contributed by atoms with Crippen LogP contribution in [0.15, 0.2) is 0 Å². The van der Waals surface area contributed by atoms with E-state index < -0.39 is 17.0 Å². The van der Waals surface area contributed by atoms with Crippen LogP contribution in [0.25, 0.3) is 0 Å². The van der Waals surface area contributed by atoms with Gasteiger partial charge in [0.2, 0.25) is 0 Å². The van der Waals surface area contributed by atoms with Crippen LogP contribution in [0.4, 0.5) is 0 Å². The quantitative estimate of drug-likeness (QED) is 0.780. The Hall–Kier alpha value is -0.570. The highest BCUT2D eigenvalue weighted by Gasteiger charge is 2.50. The predicted molar refractivity (Wildman–Crippen MR) is 63.2 cm³/mol. The first-order valence-corrected chi connectivity index (χ1v) is 6.16. The van der Waals surface area contributed by atoms with E-state index in [2.05, 4.69) is 13.8 Å². The first-order chi connectivity index (χ1) is 7.21. The van der Waals surface area contributed by atoms with E-state index >= 15 is 0 Å². The summed E-state index contributed by atoms with van der Waals surface area (Å²) in [6.45, 7) is 7.64. The lowest BCUT2D eigenvalue weighted by Gasteiger charge is -2.45. The molecular formula is C13H24O3. The van der Waals surface area contributed by atoms with E-state index in [0.717, 1.165) is 12.8 Å². The van der Waals surface area contributed by atoms with Crippen molar-refractivity contribution in [1.82, 2.24) is 0 Å².